The molecule has 0 saturated carbocycles. The first-order chi connectivity index (χ1) is 8.15. The molecule has 10 nitrogen and oxygen atoms in total. The monoisotopic (exact) mass is 264 g/mol. The molecule has 10 heteroatoms. The van der Waals surface area contributed by atoms with Crippen LogP contribution in [0, 0.1) is 0 Å². The van der Waals surface area contributed by atoms with Gasteiger partial charge in [0.1, 0.15) is 0 Å². The van der Waals surface area contributed by atoms with E-state index in [9.17, 15) is 19.2 Å². The SMILES string of the molecule is CC(OC(N)=O)OC(N)=O.O=C(O)/C=C/C(=O)O. The molecule has 0 spiro atoms. The van der Waals surface area contributed by atoms with Crippen molar-refractivity contribution in [3.8, 4) is 0 Å². The Hall–Kier alpha value is -2.78. The van der Waals surface area contributed by atoms with Gasteiger partial charge in [-0.3, -0.25) is 0 Å². The molecular formula is C8H12N2O8. The minimum atomic E-state index is -1.26. The molecule has 0 aliphatic heterocycles. The molecule has 102 valence electrons. The minimum Gasteiger partial charge on any atom is -0.478 e. The second-order valence-corrected chi connectivity index (χ2v) is 2.45. The molecule has 0 aromatic rings. The van der Waals surface area contributed by atoms with Crippen molar-refractivity contribution in [3.63, 3.8) is 0 Å². The molecule has 6 N–H and O–H groups in total. The normalized spacial score (nSPS) is 9.22. The second-order valence-electron chi connectivity index (χ2n) is 2.45. The standard InChI is InChI=1S/C4H8N2O4.C4H4O4/c1-2(9-3(5)7)10-4(6)8;5-3(6)1-2-4(7)8/h2H,1H3,(H2,5,7)(H2,6,8);1-2H,(H,5,6)(H,7,8)/b;2-1+. The number of hydrogen-bond acceptors (Lipinski definition) is 6. The molecule has 0 rings (SSSR count). The van der Waals surface area contributed by atoms with Gasteiger partial charge < -0.3 is 31.2 Å². The van der Waals surface area contributed by atoms with Crippen LogP contribution in [0.3, 0.4) is 0 Å². The van der Waals surface area contributed by atoms with E-state index in [1.807, 2.05) is 0 Å². The summed E-state index contributed by atoms with van der Waals surface area (Å²) in [6.07, 6.45) is -1.96. The third kappa shape index (κ3) is 18.9. The lowest BCUT2D eigenvalue weighted by molar-refractivity contribution is -0.134. The maximum Gasteiger partial charge on any atom is 0.407 e. The van der Waals surface area contributed by atoms with E-state index in [2.05, 4.69) is 20.9 Å². The molecule has 0 fully saturated rings. The van der Waals surface area contributed by atoms with Crippen LogP contribution in [0.2, 0.25) is 0 Å². The molecule has 0 unspecified atom stereocenters. The van der Waals surface area contributed by atoms with Gasteiger partial charge in [0.25, 0.3) is 0 Å². The predicted octanol–water partition coefficient (Wildman–Crippen LogP) is -0.765. The topological polar surface area (TPSA) is 179 Å². The molecule has 0 heterocycles. The molecular weight excluding hydrogens is 252 g/mol. The number of ether oxygens (including phenoxy) is 2. The van der Waals surface area contributed by atoms with Crippen LogP contribution in [-0.4, -0.2) is 40.6 Å². The summed E-state index contributed by atoms with van der Waals surface area (Å²) in [5.74, 6) is -2.51. The van der Waals surface area contributed by atoms with E-state index in [1.165, 1.54) is 6.92 Å². The average Bonchev–Trinajstić information content (AvgIpc) is 2.12. The fourth-order valence-corrected chi connectivity index (χ4v) is 0.494. The summed E-state index contributed by atoms with van der Waals surface area (Å²) >= 11 is 0. The van der Waals surface area contributed by atoms with Gasteiger partial charge in [0.05, 0.1) is 0 Å². The number of hydrogen-bond donors (Lipinski definition) is 4. The van der Waals surface area contributed by atoms with Gasteiger partial charge in [-0.1, -0.05) is 0 Å². The van der Waals surface area contributed by atoms with Crippen molar-refractivity contribution in [2.75, 3.05) is 0 Å². The summed E-state index contributed by atoms with van der Waals surface area (Å²) in [6, 6.07) is 0. The quantitative estimate of drug-likeness (QED) is 0.377. The van der Waals surface area contributed by atoms with Crippen LogP contribution in [0.15, 0.2) is 12.2 Å². The number of carbonyl (C=O) groups is 4. The number of primary amides is 2. The molecule has 0 aliphatic rings. The van der Waals surface area contributed by atoms with Gasteiger partial charge in [-0.25, -0.2) is 19.2 Å². The van der Waals surface area contributed by atoms with Crippen LogP contribution in [0.25, 0.3) is 0 Å². The maximum atomic E-state index is 9.96. The van der Waals surface area contributed by atoms with Crippen LogP contribution in [0.5, 0.6) is 0 Å². The zero-order valence-corrected chi connectivity index (χ0v) is 9.23. The minimum absolute atomic E-state index is 0.558. The number of nitrogens with two attached hydrogens (primary N) is 2. The Morgan fingerprint density at radius 2 is 1.22 bits per heavy atom. The second kappa shape index (κ2) is 9.45. The van der Waals surface area contributed by atoms with Crippen molar-refractivity contribution in [2.24, 2.45) is 11.5 Å². The Morgan fingerprint density at radius 3 is 1.39 bits per heavy atom. The molecule has 0 aromatic carbocycles. The third-order valence-corrected chi connectivity index (χ3v) is 0.933. The Balaban J connectivity index is 0. The molecule has 0 aliphatic carbocycles. The van der Waals surface area contributed by atoms with Crippen molar-refractivity contribution in [1.82, 2.24) is 0 Å². The highest BCUT2D eigenvalue weighted by atomic mass is 16.7. The van der Waals surface area contributed by atoms with Crippen molar-refractivity contribution in [2.45, 2.75) is 13.2 Å². The summed E-state index contributed by atoms with van der Waals surface area (Å²) in [6.45, 7) is 1.32. The fourth-order valence-electron chi connectivity index (χ4n) is 0.494. The Labute approximate surface area is 101 Å². The van der Waals surface area contributed by atoms with Gasteiger partial charge in [-0.05, 0) is 0 Å². The molecule has 0 radical (unpaired) electrons. The van der Waals surface area contributed by atoms with E-state index in [1.54, 1.807) is 0 Å². The van der Waals surface area contributed by atoms with E-state index in [0.29, 0.717) is 12.2 Å². The van der Waals surface area contributed by atoms with Gasteiger partial charge in [-0.15, -0.1) is 0 Å². The zero-order valence-electron chi connectivity index (χ0n) is 9.23. The molecule has 2 amide bonds. The first-order valence-corrected chi connectivity index (χ1v) is 4.21. The van der Waals surface area contributed by atoms with Crippen LogP contribution < -0.4 is 11.5 Å². The number of carboxylic acids is 2. The largest absolute Gasteiger partial charge is 0.478 e. The smallest absolute Gasteiger partial charge is 0.407 e. The van der Waals surface area contributed by atoms with E-state index in [-0.39, 0.29) is 0 Å². The zero-order chi connectivity index (χ0) is 14.7. The molecule has 18 heavy (non-hydrogen) atoms. The number of amides is 2. The number of aliphatic carboxylic acids is 2. The molecule has 0 saturated heterocycles. The van der Waals surface area contributed by atoms with Gasteiger partial charge in [0.2, 0.25) is 6.29 Å². The summed E-state index contributed by atoms with van der Waals surface area (Å²) in [7, 11) is 0. The van der Waals surface area contributed by atoms with Gasteiger partial charge in [0, 0.05) is 19.1 Å². The molecule has 0 bridgehead atoms. The lowest BCUT2D eigenvalue weighted by Gasteiger charge is -2.09. The first-order valence-electron chi connectivity index (χ1n) is 4.21. The summed E-state index contributed by atoms with van der Waals surface area (Å²) in [5, 5.41) is 15.6. The molecule has 0 atom stereocenters. The third-order valence-electron chi connectivity index (χ3n) is 0.933. The van der Waals surface area contributed by atoms with Gasteiger partial charge in [0.15, 0.2) is 0 Å². The maximum absolute atomic E-state index is 9.96. The van der Waals surface area contributed by atoms with Crippen molar-refractivity contribution in [1.29, 1.82) is 0 Å². The van der Waals surface area contributed by atoms with E-state index >= 15 is 0 Å². The lowest BCUT2D eigenvalue weighted by Crippen LogP contribution is -2.27. The average molecular weight is 264 g/mol. The predicted molar refractivity (Wildman–Crippen MR) is 55.2 cm³/mol. The highest BCUT2D eigenvalue weighted by Crippen LogP contribution is 1.91. The van der Waals surface area contributed by atoms with E-state index < -0.39 is 30.4 Å². The van der Waals surface area contributed by atoms with Crippen molar-refractivity contribution < 1.29 is 38.9 Å². The van der Waals surface area contributed by atoms with Crippen molar-refractivity contribution in [3.05, 3.63) is 12.2 Å². The number of rotatable bonds is 4. The Morgan fingerprint density at radius 1 is 0.944 bits per heavy atom. The fraction of sp³-hybridized carbons (Fsp3) is 0.250. The van der Waals surface area contributed by atoms with Crippen molar-refractivity contribution >= 4 is 24.1 Å². The van der Waals surface area contributed by atoms with Gasteiger partial charge >= 0.3 is 24.1 Å². The highest BCUT2D eigenvalue weighted by Gasteiger charge is 2.07. The first kappa shape index (κ1) is 17.6. The van der Waals surface area contributed by atoms with Crippen LogP contribution in [0.1, 0.15) is 6.92 Å². The van der Waals surface area contributed by atoms with Crippen LogP contribution in [0.4, 0.5) is 9.59 Å². The van der Waals surface area contributed by atoms with Crippen LogP contribution in [-0.2, 0) is 19.1 Å². The number of carboxylic acid groups (broad SMARTS) is 2. The highest BCUT2D eigenvalue weighted by molar-refractivity contribution is 5.89. The Bertz CT molecular complexity index is 319. The van der Waals surface area contributed by atoms with E-state index in [4.69, 9.17) is 10.2 Å². The summed E-state index contributed by atoms with van der Waals surface area (Å²) < 4.78 is 8.35. The van der Waals surface area contributed by atoms with Crippen LogP contribution >= 0.6 is 0 Å². The lowest BCUT2D eigenvalue weighted by atomic mass is 10.5. The number of carbonyl (C=O) groups excluding carboxylic acids is 2. The van der Waals surface area contributed by atoms with Gasteiger partial charge in [-0.2, -0.15) is 0 Å². The Kier molecular flexibility index (Phi) is 9.24. The van der Waals surface area contributed by atoms with E-state index in [0.717, 1.165) is 0 Å². The molecule has 0 aromatic heterocycles. The summed E-state index contributed by atoms with van der Waals surface area (Å²) in [5.41, 5.74) is 9.15. The summed E-state index contributed by atoms with van der Waals surface area (Å²) in [4.78, 5) is 39.0.